The Labute approximate surface area is 187 Å². The highest BCUT2D eigenvalue weighted by Crippen LogP contribution is 2.60. The standard InChI is InChI=1S/C23H32N2O5S/c1-2-3-11-24-12-8-10-23-18(17-16(31-23)9-7-15-30-22(17)29)20(27)25(19(23)21(24)28)13-5-4-6-14-26/h7-10,16-19,26H,2-6,11-15H2,1H3/t16-,17+,18+,19?,23+/m1/s1. The number of hydrogen-bond donors (Lipinski definition) is 1. The fraction of sp³-hybridized carbons (Fsp3) is 0.696. The van der Waals surface area contributed by atoms with E-state index in [1.54, 1.807) is 16.7 Å². The summed E-state index contributed by atoms with van der Waals surface area (Å²) in [7, 11) is 0. The Balaban J connectivity index is 1.71. The number of likely N-dealkylation sites (tertiary alicyclic amines) is 1. The van der Waals surface area contributed by atoms with E-state index in [9.17, 15) is 14.4 Å². The van der Waals surface area contributed by atoms with Gasteiger partial charge in [0.2, 0.25) is 11.8 Å². The molecule has 1 unspecified atom stereocenters. The van der Waals surface area contributed by atoms with Gasteiger partial charge in [-0.15, -0.1) is 11.8 Å². The quantitative estimate of drug-likeness (QED) is 0.346. The van der Waals surface area contributed by atoms with Gasteiger partial charge in [-0.25, -0.2) is 0 Å². The summed E-state index contributed by atoms with van der Waals surface area (Å²) >= 11 is 1.58. The summed E-state index contributed by atoms with van der Waals surface area (Å²) in [5.74, 6) is -1.63. The van der Waals surface area contributed by atoms with Gasteiger partial charge >= 0.3 is 5.97 Å². The van der Waals surface area contributed by atoms with Gasteiger partial charge in [0.05, 0.1) is 16.6 Å². The first-order chi connectivity index (χ1) is 15.0. The van der Waals surface area contributed by atoms with E-state index in [4.69, 9.17) is 9.84 Å². The van der Waals surface area contributed by atoms with Crippen LogP contribution in [0.25, 0.3) is 0 Å². The highest BCUT2D eigenvalue weighted by atomic mass is 32.2. The molecule has 4 rings (SSSR count). The zero-order valence-electron chi connectivity index (χ0n) is 18.1. The van der Waals surface area contributed by atoms with Gasteiger partial charge in [0, 0.05) is 31.5 Å². The van der Waals surface area contributed by atoms with Gasteiger partial charge in [-0.2, -0.15) is 0 Å². The number of hydrogen-bond acceptors (Lipinski definition) is 6. The molecule has 4 aliphatic heterocycles. The van der Waals surface area contributed by atoms with Crippen LogP contribution in [-0.2, 0) is 19.1 Å². The monoisotopic (exact) mass is 448 g/mol. The predicted molar refractivity (Wildman–Crippen MR) is 118 cm³/mol. The Hall–Kier alpha value is -1.80. The van der Waals surface area contributed by atoms with E-state index in [-0.39, 0.29) is 36.2 Å². The summed E-state index contributed by atoms with van der Waals surface area (Å²) in [5.41, 5.74) is 0. The molecule has 0 aromatic carbocycles. The molecule has 2 amide bonds. The number of amides is 2. The van der Waals surface area contributed by atoms with E-state index in [1.807, 2.05) is 29.2 Å². The number of fused-ring (bicyclic) bond motifs is 2. The number of carbonyl (C=O) groups is 3. The first kappa shape index (κ1) is 22.4. The summed E-state index contributed by atoms with van der Waals surface area (Å²) in [6, 6.07) is -0.604. The van der Waals surface area contributed by atoms with Crippen molar-refractivity contribution in [2.75, 3.05) is 32.8 Å². The highest BCUT2D eigenvalue weighted by Gasteiger charge is 2.70. The van der Waals surface area contributed by atoms with Crippen LogP contribution in [0.2, 0.25) is 0 Å². The fourth-order valence-corrected chi connectivity index (χ4v) is 7.38. The predicted octanol–water partition coefficient (Wildman–Crippen LogP) is 1.76. The van der Waals surface area contributed by atoms with E-state index < -0.39 is 22.6 Å². The van der Waals surface area contributed by atoms with Crippen molar-refractivity contribution in [3.05, 3.63) is 24.3 Å². The molecule has 1 spiro atoms. The smallest absolute Gasteiger partial charge is 0.311 e. The van der Waals surface area contributed by atoms with Crippen LogP contribution in [0.1, 0.15) is 39.0 Å². The number of ether oxygens (including phenoxy) is 1. The molecule has 0 saturated carbocycles. The lowest BCUT2D eigenvalue weighted by atomic mass is 9.78. The maximum Gasteiger partial charge on any atom is 0.311 e. The van der Waals surface area contributed by atoms with Crippen LogP contribution < -0.4 is 0 Å². The van der Waals surface area contributed by atoms with E-state index in [2.05, 4.69) is 6.92 Å². The zero-order valence-corrected chi connectivity index (χ0v) is 18.9. The van der Waals surface area contributed by atoms with Crippen LogP contribution in [0.5, 0.6) is 0 Å². The molecule has 4 aliphatic rings. The minimum Gasteiger partial charge on any atom is -0.461 e. The summed E-state index contributed by atoms with van der Waals surface area (Å²) in [6.45, 7) is 4.12. The number of aliphatic hydroxyl groups excluding tert-OH is 1. The van der Waals surface area contributed by atoms with Crippen molar-refractivity contribution in [2.45, 2.75) is 55.1 Å². The van der Waals surface area contributed by atoms with Gasteiger partial charge in [0.1, 0.15) is 12.6 Å². The highest BCUT2D eigenvalue weighted by molar-refractivity contribution is 8.02. The van der Waals surface area contributed by atoms with Crippen LogP contribution in [-0.4, -0.2) is 81.6 Å². The van der Waals surface area contributed by atoms with Crippen LogP contribution >= 0.6 is 11.8 Å². The van der Waals surface area contributed by atoms with Gasteiger partial charge in [-0.1, -0.05) is 37.6 Å². The van der Waals surface area contributed by atoms with E-state index in [0.29, 0.717) is 26.1 Å². The van der Waals surface area contributed by atoms with E-state index in [1.165, 1.54) is 0 Å². The molecule has 31 heavy (non-hydrogen) atoms. The van der Waals surface area contributed by atoms with Crippen molar-refractivity contribution in [3.63, 3.8) is 0 Å². The summed E-state index contributed by atoms with van der Waals surface area (Å²) in [5, 5.41) is 8.93. The molecule has 0 aromatic rings. The minimum absolute atomic E-state index is 0.0160. The molecule has 0 radical (unpaired) electrons. The van der Waals surface area contributed by atoms with Crippen LogP contribution in [0.15, 0.2) is 24.3 Å². The number of thioether (sulfide) groups is 1. The second-order valence-electron chi connectivity index (χ2n) is 8.76. The number of esters is 1. The minimum atomic E-state index is -0.748. The number of rotatable bonds is 8. The average Bonchev–Trinajstić information content (AvgIpc) is 3.05. The van der Waals surface area contributed by atoms with Crippen molar-refractivity contribution >= 4 is 29.5 Å². The Kier molecular flexibility index (Phi) is 6.77. The lowest BCUT2D eigenvalue weighted by Crippen LogP contribution is -2.53. The first-order valence-corrected chi connectivity index (χ1v) is 12.3. The van der Waals surface area contributed by atoms with Crippen LogP contribution in [0, 0.1) is 11.8 Å². The molecular weight excluding hydrogens is 416 g/mol. The second kappa shape index (κ2) is 9.36. The third-order valence-corrected chi connectivity index (χ3v) is 8.58. The van der Waals surface area contributed by atoms with Crippen molar-refractivity contribution in [3.8, 4) is 0 Å². The summed E-state index contributed by atoms with van der Waals surface area (Å²) in [6.07, 6.45) is 12.0. The molecule has 8 heteroatoms. The van der Waals surface area contributed by atoms with Crippen LogP contribution in [0.3, 0.4) is 0 Å². The number of aliphatic hydroxyl groups is 1. The van der Waals surface area contributed by atoms with E-state index in [0.717, 1.165) is 25.7 Å². The molecule has 4 heterocycles. The van der Waals surface area contributed by atoms with Crippen LogP contribution in [0.4, 0.5) is 0 Å². The molecule has 2 saturated heterocycles. The lowest BCUT2D eigenvalue weighted by molar-refractivity contribution is -0.151. The number of cyclic esters (lactones) is 1. The molecule has 0 aromatic heterocycles. The largest absolute Gasteiger partial charge is 0.461 e. The second-order valence-corrected chi connectivity index (χ2v) is 10.2. The molecule has 1 N–H and O–H groups in total. The van der Waals surface area contributed by atoms with Gasteiger partial charge in [-0.05, 0) is 25.7 Å². The normalized spacial score (nSPS) is 34.3. The number of nitrogens with zero attached hydrogens (tertiary/aromatic N) is 2. The maximum absolute atomic E-state index is 13.8. The number of unbranched alkanes of at least 4 members (excludes halogenated alkanes) is 3. The Morgan fingerprint density at radius 3 is 2.74 bits per heavy atom. The average molecular weight is 449 g/mol. The molecular formula is C23H32N2O5S. The maximum atomic E-state index is 13.8. The molecule has 0 bridgehead atoms. The van der Waals surface area contributed by atoms with Gasteiger partial charge < -0.3 is 19.6 Å². The van der Waals surface area contributed by atoms with Gasteiger partial charge in [0.25, 0.3) is 0 Å². The van der Waals surface area contributed by atoms with Gasteiger partial charge in [0.15, 0.2) is 0 Å². The Morgan fingerprint density at radius 2 is 1.97 bits per heavy atom. The molecule has 5 atom stereocenters. The Bertz CT molecular complexity index is 784. The fourth-order valence-electron chi connectivity index (χ4n) is 5.38. The van der Waals surface area contributed by atoms with Crippen molar-refractivity contribution in [1.82, 2.24) is 9.80 Å². The molecule has 7 nitrogen and oxygen atoms in total. The van der Waals surface area contributed by atoms with Crippen molar-refractivity contribution in [2.24, 2.45) is 11.8 Å². The van der Waals surface area contributed by atoms with Gasteiger partial charge in [-0.3, -0.25) is 14.4 Å². The molecule has 170 valence electrons. The van der Waals surface area contributed by atoms with E-state index >= 15 is 0 Å². The third-order valence-electron chi connectivity index (χ3n) is 6.84. The van der Waals surface area contributed by atoms with Crippen molar-refractivity contribution < 1.29 is 24.2 Å². The lowest BCUT2D eigenvalue weighted by Gasteiger charge is -2.35. The molecule has 2 fully saturated rings. The summed E-state index contributed by atoms with van der Waals surface area (Å²) in [4.78, 5) is 43.9. The Morgan fingerprint density at radius 1 is 1.13 bits per heavy atom. The first-order valence-electron chi connectivity index (χ1n) is 11.4. The SMILES string of the molecule is CCCCN1CC=C[C@]23S[C@@H]4C=CCOC(=O)[C@@H]4[C@H]2C(=O)N(CCCCCO)C3C1=O. The molecule has 0 aliphatic carbocycles. The topological polar surface area (TPSA) is 87.2 Å². The van der Waals surface area contributed by atoms with Crippen molar-refractivity contribution in [1.29, 1.82) is 0 Å². The number of carbonyl (C=O) groups excluding carboxylic acids is 3. The zero-order chi connectivity index (χ0) is 22.0. The summed E-state index contributed by atoms with van der Waals surface area (Å²) < 4.78 is 4.63. The third kappa shape index (κ3) is 3.82.